The number of benzene rings is 1. The number of aromatic nitrogens is 5. The maximum atomic E-state index is 11.5. The topological polar surface area (TPSA) is 96.4 Å². The van der Waals surface area contributed by atoms with Crippen LogP contribution >= 0.6 is 23.4 Å². The Morgan fingerprint density at radius 1 is 1.19 bits per heavy atom. The fraction of sp³-hybridized carbons (Fsp3) is 0.294. The van der Waals surface area contributed by atoms with Crippen molar-refractivity contribution in [2.45, 2.75) is 37.1 Å². The van der Waals surface area contributed by atoms with Crippen LogP contribution in [0.15, 0.2) is 45.1 Å². The number of H-pyrrole nitrogens is 2. The monoisotopic (exact) mass is 391 g/mol. The van der Waals surface area contributed by atoms with Crippen molar-refractivity contribution in [3.63, 3.8) is 0 Å². The molecule has 1 atom stereocenters. The van der Waals surface area contributed by atoms with Gasteiger partial charge in [-0.05, 0) is 30.7 Å². The molecule has 0 saturated heterocycles. The van der Waals surface area contributed by atoms with Crippen molar-refractivity contribution in [3.8, 4) is 5.69 Å². The lowest BCUT2D eigenvalue weighted by Gasteiger charge is -2.12. The van der Waals surface area contributed by atoms with Crippen molar-refractivity contribution in [1.82, 2.24) is 24.7 Å². The van der Waals surface area contributed by atoms with Gasteiger partial charge in [0.25, 0.3) is 5.56 Å². The zero-order valence-electron chi connectivity index (χ0n) is 14.3. The average molecular weight is 392 g/mol. The van der Waals surface area contributed by atoms with Crippen LogP contribution in [0.2, 0.25) is 5.02 Å². The lowest BCUT2D eigenvalue weighted by molar-refractivity contribution is 0.820. The van der Waals surface area contributed by atoms with Crippen molar-refractivity contribution in [3.05, 3.63) is 67.7 Å². The van der Waals surface area contributed by atoms with Crippen molar-refractivity contribution in [2.75, 3.05) is 0 Å². The minimum absolute atomic E-state index is 0.274. The van der Waals surface area contributed by atoms with Crippen LogP contribution in [0.25, 0.3) is 5.69 Å². The summed E-state index contributed by atoms with van der Waals surface area (Å²) in [6.07, 6.45) is 1.27. The minimum Gasteiger partial charge on any atom is -0.311 e. The van der Waals surface area contributed by atoms with E-state index in [2.05, 4.69) is 34.0 Å². The van der Waals surface area contributed by atoms with Gasteiger partial charge in [-0.1, -0.05) is 37.2 Å². The smallest absolute Gasteiger partial charge is 0.311 e. The highest BCUT2D eigenvalue weighted by molar-refractivity contribution is 7.99. The van der Waals surface area contributed by atoms with Gasteiger partial charge in [0.15, 0.2) is 5.16 Å². The lowest BCUT2D eigenvalue weighted by Crippen LogP contribution is -2.23. The molecule has 7 nitrogen and oxygen atoms in total. The molecule has 0 spiro atoms. The molecule has 1 aromatic carbocycles. The average Bonchev–Trinajstić information content (AvgIpc) is 2.96. The second-order valence-electron chi connectivity index (χ2n) is 5.84. The molecule has 2 N–H and O–H groups in total. The first-order chi connectivity index (χ1) is 12.5. The molecule has 3 aromatic rings. The SMILES string of the molecule is CC[C@H](C)Sc1nnc(Cc2cc(=O)[nH]c(=O)[nH]2)n1-c1ccc(Cl)cc1. The molecule has 3 rings (SSSR count). The third-order valence-corrected chi connectivity index (χ3v) is 5.29. The van der Waals surface area contributed by atoms with Crippen LogP contribution in [0.1, 0.15) is 31.8 Å². The number of hydrogen-bond acceptors (Lipinski definition) is 5. The van der Waals surface area contributed by atoms with E-state index in [0.29, 0.717) is 21.8 Å². The Labute approximate surface area is 158 Å². The fourth-order valence-corrected chi connectivity index (χ4v) is 3.45. The number of nitrogens with one attached hydrogen (secondary N) is 2. The van der Waals surface area contributed by atoms with Crippen LogP contribution in [0.5, 0.6) is 0 Å². The van der Waals surface area contributed by atoms with Gasteiger partial charge in [-0.2, -0.15) is 0 Å². The number of halogens is 1. The van der Waals surface area contributed by atoms with E-state index in [4.69, 9.17) is 11.6 Å². The summed E-state index contributed by atoms with van der Waals surface area (Å²) in [5.41, 5.74) is 0.351. The van der Waals surface area contributed by atoms with Gasteiger partial charge in [0.2, 0.25) is 0 Å². The van der Waals surface area contributed by atoms with Gasteiger partial charge in [0.05, 0.1) is 0 Å². The summed E-state index contributed by atoms with van der Waals surface area (Å²) in [5, 5.41) is 10.4. The van der Waals surface area contributed by atoms with E-state index in [-0.39, 0.29) is 6.42 Å². The summed E-state index contributed by atoms with van der Waals surface area (Å²) in [6.45, 7) is 4.24. The molecule has 136 valence electrons. The quantitative estimate of drug-likeness (QED) is 0.630. The van der Waals surface area contributed by atoms with Crippen LogP contribution in [0, 0.1) is 0 Å². The van der Waals surface area contributed by atoms with E-state index in [9.17, 15) is 9.59 Å². The van der Waals surface area contributed by atoms with E-state index in [0.717, 1.165) is 17.3 Å². The fourth-order valence-electron chi connectivity index (χ4n) is 2.39. The van der Waals surface area contributed by atoms with Crippen LogP contribution in [0.3, 0.4) is 0 Å². The minimum atomic E-state index is -0.542. The zero-order valence-corrected chi connectivity index (χ0v) is 15.9. The van der Waals surface area contributed by atoms with E-state index >= 15 is 0 Å². The first kappa shape index (κ1) is 18.5. The van der Waals surface area contributed by atoms with Crippen molar-refractivity contribution < 1.29 is 0 Å². The summed E-state index contributed by atoms with van der Waals surface area (Å²) >= 11 is 7.62. The first-order valence-electron chi connectivity index (χ1n) is 8.15. The molecule has 0 saturated carbocycles. The molecule has 0 radical (unpaired) electrons. The highest BCUT2D eigenvalue weighted by Gasteiger charge is 2.17. The molecule has 0 bridgehead atoms. The number of nitrogens with zero attached hydrogens (tertiary/aromatic N) is 3. The standard InChI is InChI=1S/C17H18ClN5O2S/c1-3-10(2)26-17-22-21-14(8-12-9-15(24)20-16(25)19-12)23(17)13-6-4-11(18)5-7-13/h4-7,9-10H,3,8H2,1-2H3,(H2,19,20,24,25)/t10-/m0/s1. The normalized spacial score (nSPS) is 12.3. The predicted octanol–water partition coefficient (Wildman–Crippen LogP) is 2.78. The van der Waals surface area contributed by atoms with E-state index in [1.165, 1.54) is 6.07 Å². The molecule has 0 aliphatic carbocycles. The summed E-state index contributed by atoms with van der Waals surface area (Å²) in [5.74, 6) is 0.624. The van der Waals surface area contributed by atoms with E-state index in [1.807, 2.05) is 16.7 Å². The molecular formula is C17H18ClN5O2S. The van der Waals surface area contributed by atoms with Crippen LogP contribution < -0.4 is 11.2 Å². The predicted molar refractivity (Wildman–Crippen MR) is 102 cm³/mol. The van der Waals surface area contributed by atoms with Crippen molar-refractivity contribution in [1.29, 1.82) is 0 Å². The zero-order chi connectivity index (χ0) is 18.7. The van der Waals surface area contributed by atoms with Gasteiger partial charge in [-0.15, -0.1) is 10.2 Å². The molecule has 26 heavy (non-hydrogen) atoms. The molecule has 0 amide bonds. The van der Waals surface area contributed by atoms with E-state index < -0.39 is 11.2 Å². The molecule has 0 aliphatic rings. The molecule has 9 heteroatoms. The second-order valence-corrected chi connectivity index (χ2v) is 7.68. The second kappa shape index (κ2) is 7.92. The number of hydrogen-bond donors (Lipinski definition) is 2. The van der Waals surface area contributed by atoms with E-state index in [1.54, 1.807) is 23.9 Å². The molecule has 2 aromatic heterocycles. The Balaban J connectivity index is 2.05. The van der Waals surface area contributed by atoms with Gasteiger partial charge in [0.1, 0.15) is 5.82 Å². The van der Waals surface area contributed by atoms with Crippen molar-refractivity contribution >= 4 is 23.4 Å². The Bertz CT molecular complexity index is 981. The van der Waals surface area contributed by atoms with Crippen molar-refractivity contribution in [2.24, 2.45) is 0 Å². The maximum Gasteiger partial charge on any atom is 0.325 e. The summed E-state index contributed by atoms with van der Waals surface area (Å²) in [7, 11) is 0. The third kappa shape index (κ3) is 4.25. The number of aromatic amines is 2. The maximum absolute atomic E-state index is 11.5. The Morgan fingerprint density at radius 2 is 1.92 bits per heavy atom. The van der Waals surface area contributed by atoms with Crippen LogP contribution in [0.4, 0.5) is 0 Å². The molecular weight excluding hydrogens is 374 g/mol. The van der Waals surface area contributed by atoms with Gasteiger partial charge in [-0.25, -0.2) is 4.79 Å². The first-order valence-corrected chi connectivity index (χ1v) is 9.41. The Kier molecular flexibility index (Phi) is 5.63. The van der Waals surface area contributed by atoms with Gasteiger partial charge in [0, 0.05) is 34.1 Å². The third-order valence-electron chi connectivity index (χ3n) is 3.83. The molecule has 2 heterocycles. The summed E-state index contributed by atoms with van der Waals surface area (Å²) in [6, 6.07) is 8.72. The highest BCUT2D eigenvalue weighted by atomic mass is 35.5. The van der Waals surface area contributed by atoms with Crippen LogP contribution in [-0.4, -0.2) is 30.0 Å². The summed E-state index contributed by atoms with van der Waals surface area (Å²) in [4.78, 5) is 27.8. The van der Waals surface area contributed by atoms with Gasteiger partial charge in [-0.3, -0.25) is 14.3 Å². The van der Waals surface area contributed by atoms with Gasteiger partial charge < -0.3 is 4.98 Å². The Morgan fingerprint density at radius 3 is 2.58 bits per heavy atom. The number of rotatable bonds is 6. The largest absolute Gasteiger partial charge is 0.325 e. The number of thioether (sulfide) groups is 1. The Hall–Kier alpha value is -2.32. The lowest BCUT2D eigenvalue weighted by atomic mass is 10.2. The highest BCUT2D eigenvalue weighted by Crippen LogP contribution is 2.28. The summed E-state index contributed by atoms with van der Waals surface area (Å²) < 4.78 is 1.92. The van der Waals surface area contributed by atoms with Gasteiger partial charge >= 0.3 is 5.69 Å². The molecule has 0 aliphatic heterocycles. The molecule has 0 fully saturated rings. The molecule has 0 unspecified atom stereocenters. The van der Waals surface area contributed by atoms with Crippen LogP contribution in [-0.2, 0) is 6.42 Å².